The fourth-order valence-electron chi connectivity index (χ4n) is 3.20. The van der Waals surface area contributed by atoms with E-state index in [2.05, 4.69) is 9.98 Å². The Labute approximate surface area is 158 Å². The highest BCUT2D eigenvalue weighted by Gasteiger charge is 2.60. The number of carbonyl (C=O) groups excluding carboxylic acids is 1. The number of halogens is 4. The molecule has 2 aromatic rings. The minimum Gasteiger partial charge on any atom is -0.449 e. The average molecular weight is 397 g/mol. The normalized spacial score (nSPS) is 26.8. The molecule has 2 N–H and O–H groups in total. The van der Waals surface area contributed by atoms with Crippen LogP contribution in [0.15, 0.2) is 33.9 Å². The lowest BCUT2D eigenvalue weighted by Crippen LogP contribution is -2.56. The molecule has 0 aliphatic carbocycles. The summed E-state index contributed by atoms with van der Waals surface area (Å²) in [5, 5.41) is 0. The monoisotopic (exact) mass is 397 g/mol. The van der Waals surface area contributed by atoms with Gasteiger partial charge in [-0.15, -0.1) is 0 Å². The van der Waals surface area contributed by atoms with Crippen molar-refractivity contribution in [3.05, 3.63) is 53.0 Å². The number of hydrogen-bond acceptors (Lipinski definition) is 5. The first kappa shape index (κ1) is 20.0. The Bertz CT molecular complexity index is 968. The van der Waals surface area contributed by atoms with Gasteiger partial charge in [0.25, 0.3) is 5.92 Å². The number of Topliss-reactive ketones (excluding diaryl/α,β-unsaturated/α-hetero) is 1. The maximum atomic E-state index is 14.8. The second-order valence-corrected chi connectivity index (χ2v) is 7.31. The molecule has 0 saturated carbocycles. The van der Waals surface area contributed by atoms with Crippen LogP contribution in [0.4, 0.5) is 17.6 Å². The Morgan fingerprint density at radius 3 is 2.57 bits per heavy atom. The van der Waals surface area contributed by atoms with Gasteiger partial charge in [-0.2, -0.15) is 0 Å². The number of benzene rings is 1. The predicted molar refractivity (Wildman–Crippen MR) is 93.7 cm³/mol. The van der Waals surface area contributed by atoms with Crippen LogP contribution in [0.5, 0.6) is 0 Å². The van der Waals surface area contributed by atoms with Crippen LogP contribution in [0.2, 0.25) is 0 Å². The molecule has 1 aliphatic rings. The maximum absolute atomic E-state index is 14.8. The Balaban J connectivity index is 2.01. The topological polar surface area (TPSA) is 81.5 Å². The van der Waals surface area contributed by atoms with Gasteiger partial charge >= 0.3 is 0 Å². The summed E-state index contributed by atoms with van der Waals surface area (Å²) < 4.78 is 63.3. The number of nitrogens with zero attached hydrogens (tertiary/aromatic N) is 2. The first-order valence-corrected chi connectivity index (χ1v) is 8.52. The molecule has 0 saturated heterocycles. The average Bonchev–Trinajstić information content (AvgIpc) is 3.01. The van der Waals surface area contributed by atoms with E-state index in [9.17, 15) is 22.4 Å². The van der Waals surface area contributed by atoms with Crippen LogP contribution in [-0.4, -0.2) is 28.2 Å². The number of rotatable bonds is 4. The van der Waals surface area contributed by atoms with Crippen molar-refractivity contribution >= 4 is 11.6 Å². The van der Waals surface area contributed by atoms with E-state index in [1.54, 1.807) is 6.92 Å². The summed E-state index contributed by atoms with van der Waals surface area (Å²) in [5.74, 6) is -5.40. The molecule has 0 bridgehead atoms. The molecule has 1 aromatic heterocycles. The van der Waals surface area contributed by atoms with Gasteiger partial charge in [-0.25, -0.2) is 22.5 Å². The van der Waals surface area contributed by atoms with Crippen molar-refractivity contribution in [3.63, 3.8) is 0 Å². The molecule has 5 nitrogen and oxygen atoms in total. The van der Waals surface area contributed by atoms with E-state index < -0.39 is 46.6 Å². The van der Waals surface area contributed by atoms with Gasteiger partial charge in [0.2, 0.25) is 0 Å². The lowest BCUT2D eigenvalue weighted by atomic mass is 9.77. The predicted octanol–water partition coefficient (Wildman–Crippen LogP) is 3.89. The largest absolute Gasteiger partial charge is 0.449 e. The zero-order chi connectivity index (χ0) is 20.9. The fourth-order valence-corrected chi connectivity index (χ4v) is 3.20. The van der Waals surface area contributed by atoms with Gasteiger partial charge in [0.1, 0.15) is 23.6 Å². The molecule has 1 aromatic carbocycles. The van der Waals surface area contributed by atoms with Crippen molar-refractivity contribution in [3.8, 4) is 0 Å². The lowest BCUT2D eigenvalue weighted by molar-refractivity contribution is -0.106. The minimum atomic E-state index is -3.70. The molecule has 0 spiro atoms. The molecule has 3 rings (SSSR count). The third-order valence-corrected chi connectivity index (χ3v) is 4.97. The number of carbonyl (C=O) groups is 1. The second kappa shape index (κ2) is 6.42. The van der Waals surface area contributed by atoms with E-state index in [1.807, 2.05) is 0 Å². The van der Waals surface area contributed by atoms with Crippen molar-refractivity contribution in [2.45, 2.75) is 50.7 Å². The molecule has 9 heteroatoms. The molecular weight excluding hydrogens is 378 g/mol. The molecule has 28 heavy (non-hydrogen) atoms. The standard InChI is InChI=1S/C19H19F4N3O2/c1-10-25-14(8-28-10)15(27)7-11-4-5-13(20)12(6-11)18(3)19(22,23)9-17(2,21)16(24)26-18/h4-6,8H,7,9H2,1-3H3,(H2,24,26)/t17-,18-/m1/s1. The SMILES string of the molecule is Cc1nc(C(=O)Cc2ccc(F)c([C@@]3(C)N=C(N)[C@](C)(F)CC3(F)F)c2)co1. The Morgan fingerprint density at radius 1 is 1.29 bits per heavy atom. The van der Waals surface area contributed by atoms with Gasteiger partial charge in [0.05, 0.1) is 6.42 Å². The number of aliphatic imine (C=N–C) groups is 1. The van der Waals surface area contributed by atoms with Crippen LogP contribution in [0.25, 0.3) is 0 Å². The molecule has 1 aliphatic heterocycles. The molecule has 2 atom stereocenters. The smallest absolute Gasteiger partial charge is 0.280 e. The van der Waals surface area contributed by atoms with Crippen LogP contribution in [0, 0.1) is 12.7 Å². The fraction of sp³-hybridized carbons (Fsp3) is 0.421. The van der Waals surface area contributed by atoms with Gasteiger partial charge in [0, 0.05) is 18.9 Å². The number of alkyl halides is 3. The summed E-state index contributed by atoms with van der Waals surface area (Å²) in [6.07, 6.45) is -0.251. The molecule has 0 fully saturated rings. The summed E-state index contributed by atoms with van der Waals surface area (Å²) >= 11 is 0. The molecule has 0 radical (unpaired) electrons. The van der Waals surface area contributed by atoms with Gasteiger partial charge in [-0.3, -0.25) is 9.79 Å². The zero-order valence-electron chi connectivity index (χ0n) is 15.5. The highest BCUT2D eigenvalue weighted by molar-refractivity contribution is 5.95. The van der Waals surface area contributed by atoms with E-state index >= 15 is 0 Å². The van der Waals surface area contributed by atoms with Crippen molar-refractivity contribution in [1.29, 1.82) is 0 Å². The highest BCUT2D eigenvalue weighted by atomic mass is 19.3. The van der Waals surface area contributed by atoms with E-state index in [4.69, 9.17) is 10.2 Å². The van der Waals surface area contributed by atoms with Gasteiger partial charge < -0.3 is 10.2 Å². The third kappa shape index (κ3) is 3.29. The van der Waals surface area contributed by atoms with Gasteiger partial charge in [0.15, 0.2) is 22.9 Å². The Hall–Kier alpha value is -2.71. The van der Waals surface area contributed by atoms with Crippen LogP contribution in [-0.2, 0) is 12.0 Å². The number of amidine groups is 1. The minimum absolute atomic E-state index is 0.0769. The van der Waals surface area contributed by atoms with E-state index in [0.717, 1.165) is 26.0 Å². The molecule has 0 unspecified atom stereocenters. The molecule has 150 valence electrons. The van der Waals surface area contributed by atoms with E-state index in [0.29, 0.717) is 5.89 Å². The van der Waals surface area contributed by atoms with E-state index in [1.165, 1.54) is 12.3 Å². The van der Waals surface area contributed by atoms with Crippen molar-refractivity contribution in [2.75, 3.05) is 0 Å². The lowest BCUT2D eigenvalue weighted by Gasteiger charge is -2.42. The summed E-state index contributed by atoms with van der Waals surface area (Å²) in [7, 11) is 0. The molecular formula is C19H19F4N3O2. The summed E-state index contributed by atoms with van der Waals surface area (Å²) in [5.41, 5.74) is 0.527. The number of aryl methyl sites for hydroxylation is 1. The molecule has 0 amide bonds. The summed E-state index contributed by atoms with van der Waals surface area (Å²) in [6.45, 7) is 3.48. The Kier molecular flexibility index (Phi) is 4.60. The van der Waals surface area contributed by atoms with Crippen molar-refractivity contribution < 1.29 is 26.8 Å². The van der Waals surface area contributed by atoms with Crippen LogP contribution in [0.3, 0.4) is 0 Å². The number of hydrogen-bond donors (Lipinski definition) is 1. The van der Waals surface area contributed by atoms with Crippen LogP contribution < -0.4 is 5.73 Å². The number of nitrogens with two attached hydrogens (primary N) is 1. The van der Waals surface area contributed by atoms with Crippen LogP contribution >= 0.6 is 0 Å². The summed E-state index contributed by atoms with van der Waals surface area (Å²) in [6, 6.07) is 3.41. The first-order valence-electron chi connectivity index (χ1n) is 8.52. The number of aromatic nitrogens is 1. The highest BCUT2D eigenvalue weighted by Crippen LogP contribution is 2.50. The van der Waals surface area contributed by atoms with Gasteiger partial charge in [-0.05, 0) is 31.5 Å². The van der Waals surface area contributed by atoms with Crippen molar-refractivity contribution in [1.82, 2.24) is 4.98 Å². The summed E-state index contributed by atoms with van der Waals surface area (Å²) in [4.78, 5) is 19.8. The second-order valence-electron chi connectivity index (χ2n) is 7.31. The number of oxazole rings is 1. The third-order valence-electron chi connectivity index (χ3n) is 4.97. The van der Waals surface area contributed by atoms with E-state index in [-0.39, 0.29) is 17.7 Å². The number of ketones is 1. The molecule has 2 heterocycles. The van der Waals surface area contributed by atoms with Crippen molar-refractivity contribution in [2.24, 2.45) is 10.7 Å². The first-order chi connectivity index (χ1) is 12.9. The Morgan fingerprint density at radius 2 is 1.96 bits per heavy atom. The maximum Gasteiger partial charge on any atom is 0.280 e. The quantitative estimate of drug-likeness (QED) is 0.627. The van der Waals surface area contributed by atoms with Gasteiger partial charge in [-0.1, -0.05) is 6.07 Å². The zero-order valence-corrected chi connectivity index (χ0v) is 15.5. The van der Waals surface area contributed by atoms with Crippen LogP contribution in [0.1, 0.15) is 47.8 Å².